The Morgan fingerprint density at radius 3 is 2.15 bits per heavy atom. The zero-order chi connectivity index (χ0) is 24.6. The van der Waals surface area contributed by atoms with Gasteiger partial charge in [-0.1, -0.05) is 34.8 Å². The topological polar surface area (TPSA) is 58.2 Å². The Bertz CT molecular complexity index is 1250. The second kappa shape index (κ2) is 9.92. The van der Waals surface area contributed by atoms with E-state index >= 15 is 0 Å². The van der Waals surface area contributed by atoms with Crippen molar-refractivity contribution in [3.63, 3.8) is 0 Å². The van der Waals surface area contributed by atoms with Crippen molar-refractivity contribution in [2.75, 3.05) is 17.2 Å². The third kappa shape index (κ3) is 5.45. The molecular formula is C24H16Cl5FN2O2. The van der Waals surface area contributed by atoms with Gasteiger partial charge in [-0.3, -0.25) is 9.59 Å². The molecule has 0 heterocycles. The highest BCUT2D eigenvalue weighted by atomic mass is 35.5. The SMILES string of the molecule is O=C(CNc1ccc(F)cc1)c1cc(NC(=O)C2C(c3cc(Cl)cc(Cl)c3)C2(Cl)Cl)ccc1Cl. The van der Waals surface area contributed by atoms with E-state index in [0.717, 1.165) is 0 Å². The summed E-state index contributed by atoms with van der Waals surface area (Å²) in [5.74, 6) is -2.36. The van der Waals surface area contributed by atoms with Gasteiger partial charge in [-0.2, -0.15) is 0 Å². The number of ketones is 1. The fourth-order valence-electron chi connectivity index (χ4n) is 3.70. The summed E-state index contributed by atoms with van der Waals surface area (Å²) in [7, 11) is 0. The van der Waals surface area contributed by atoms with E-state index in [9.17, 15) is 14.0 Å². The summed E-state index contributed by atoms with van der Waals surface area (Å²) in [6, 6.07) is 15.1. The van der Waals surface area contributed by atoms with Crippen molar-refractivity contribution >= 4 is 81.1 Å². The number of benzene rings is 3. The molecule has 4 nitrogen and oxygen atoms in total. The maximum atomic E-state index is 13.0. The van der Waals surface area contributed by atoms with Crippen LogP contribution in [0.3, 0.4) is 0 Å². The number of nitrogens with one attached hydrogen (secondary N) is 2. The molecule has 10 heteroatoms. The molecule has 0 aromatic heterocycles. The second-order valence-corrected chi connectivity index (χ2v) is 10.5. The third-order valence-electron chi connectivity index (χ3n) is 5.41. The van der Waals surface area contributed by atoms with E-state index in [4.69, 9.17) is 58.0 Å². The Hall–Kier alpha value is -2.02. The number of amides is 1. The van der Waals surface area contributed by atoms with Gasteiger partial charge in [0.2, 0.25) is 5.91 Å². The molecule has 0 radical (unpaired) electrons. The molecule has 3 aromatic carbocycles. The Balaban J connectivity index is 1.45. The Morgan fingerprint density at radius 1 is 0.882 bits per heavy atom. The molecule has 2 atom stereocenters. The highest BCUT2D eigenvalue weighted by molar-refractivity contribution is 6.53. The Labute approximate surface area is 220 Å². The number of carbonyl (C=O) groups is 2. The maximum absolute atomic E-state index is 13.0. The first-order valence-corrected chi connectivity index (χ1v) is 11.9. The van der Waals surface area contributed by atoms with Gasteiger partial charge in [0.05, 0.1) is 17.5 Å². The number of hydrogen-bond acceptors (Lipinski definition) is 3. The quantitative estimate of drug-likeness (QED) is 0.231. The zero-order valence-electron chi connectivity index (χ0n) is 17.2. The van der Waals surface area contributed by atoms with Gasteiger partial charge >= 0.3 is 0 Å². The lowest BCUT2D eigenvalue weighted by molar-refractivity contribution is -0.117. The summed E-state index contributed by atoms with van der Waals surface area (Å²) in [5.41, 5.74) is 1.81. The average Bonchev–Trinajstić information content (AvgIpc) is 3.36. The fraction of sp³-hybridized carbons (Fsp3) is 0.167. The first kappa shape index (κ1) is 25.1. The lowest BCUT2D eigenvalue weighted by atomic mass is 10.1. The van der Waals surface area contributed by atoms with E-state index in [1.54, 1.807) is 24.3 Å². The largest absolute Gasteiger partial charge is 0.378 e. The minimum absolute atomic E-state index is 0.0740. The molecule has 4 rings (SSSR count). The van der Waals surface area contributed by atoms with E-state index in [0.29, 0.717) is 27.0 Å². The van der Waals surface area contributed by atoms with E-state index < -0.39 is 22.1 Å². The molecule has 176 valence electrons. The van der Waals surface area contributed by atoms with Gasteiger partial charge in [0.15, 0.2) is 5.78 Å². The van der Waals surface area contributed by atoms with Crippen molar-refractivity contribution in [1.82, 2.24) is 0 Å². The summed E-state index contributed by atoms with van der Waals surface area (Å²) >= 11 is 31.1. The summed E-state index contributed by atoms with van der Waals surface area (Å²) in [5, 5.41) is 6.70. The Morgan fingerprint density at radius 2 is 1.50 bits per heavy atom. The highest BCUT2D eigenvalue weighted by Gasteiger charge is 2.67. The number of Topliss-reactive ketones (excluding diaryl/α,β-unsaturated/α-hetero) is 1. The summed E-state index contributed by atoms with van der Waals surface area (Å²) in [6.07, 6.45) is 0. The van der Waals surface area contributed by atoms with Crippen LogP contribution in [0.4, 0.5) is 15.8 Å². The minimum Gasteiger partial charge on any atom is -0.378 e. The molecule has 34 heavy (non-hydrogen) atoms. The maximum Gasteiger partial charge on any atom is 0.231 e. The number of hydrogen-bond donors (Lipinski definition) is 2. The van der Waals surface area contributed by atoms with Gasteiger partial charge in [0, 0.05) is 32.9 Å². The van der Waals surface area contributed by atoms with Crippen LogP contribution < -0.4 is 10.6 Å². The molecule has 2 N–H and O–H groups in total. The van der Waals surface area contributed by atoms with Crippen LogP contribution in [0.5, 0.6) is 0 Å². The molecule has 2 unspecified atom stereocenters. The molecule has 1 aliphatic rings. The molecule has 1 amide bonds. The van der Waals surface area contributed by atoms with E-state index in [1.165, 1.54) is 36.4 Å². The third-order valence-corrected chi connectivity index (χ3v) is 7.12. The predicted octanol–water partition coefficient (Wildman–Crippen LogP) is 7.61. The van der Waals surface area contributed by atoms with Crippen LogP contribution in [0.2, 0.25) is 15.1 Å². The van der Waals surface area contributed by atoms with Gasteiger partial charge in [-0.05, 0) is 66.2 Å². The van der Waals surface area contributed by atoms with Gasteiger partial charge in [-0.25, -0.2) is 4.39 Å². The molecular weight excluding hydrogens is 545 g/mol. The van der Waals surface area contributed by atoms with Crippen LogP contribution in [-0.2, 0) is 4.79 Å². The minimum atomic E-state index is -1.33. The van der Waals surface area contributed by atoms with Gasteiger partial charge in [0.1, 0.15) is 10.2 Å². The molecule has 0 saturated heterocycles. The summed E-state index contributed by atoms with van der Waals surface area (Å²) < 4.78 is 11.7. The van der Waals surface area contributed by atoms with E-state index in [-0.39, 0.29) is 28.7 Å². The summed E-state index contributed by atoms with van der Waals surface area (Å²) in [6.45, 7) is -0.0740. The number of anilines is 2. The van der Waals surface area contributed by atoms with Crippen LogP contribution in [-0.4, -0.2) is 22.6 Å². The summed E-state index contributed by atoms with van der Waals surface area (Å²) in [4.78, 5) is 25.6. The van der Waals surface area contributed by atoms with E-state index in [2.05, 4.69) is 10.6 Å². The molecule has 3 aromatic rings. The van der Waals surface area contributed by atoms with Crippen LogP contribution in [0, 0.1) is 11.7 Å². The van der Waals surface area contributed by atoms with Crippen LogP contribution in [0.25, 0.3) is 0 Å². The molecule has 1 fully saturated rings. The lowest BCUT2D eigenvalue weighted by Crippen LogP contribution is -2.18. The highest BCUT2D eigenvalue weighted by Crippen LogP contribution is 2.65. The van der Waals surface area contributed by atoms with Crippen molar-refractivity contribution in [3.8, 4) is 0 Å². The van der Waals surface area contributed by atoms with Crippen LogP contribution in [0.1, 0.15) is 21.8 Å². The zero-order valence-corrected chi connectivity index (χ0v) is 21.0. The van der Waals surface area contributed by atoms with Crippen molar-refractivity contribution in [1.29, 1.82) is 0 Å². The molecule has 0 bridgehead atoms. The number of halogens is 6. The monoisotopic (exact) mass is 558 g/mol. The predicted molar refractivity (Wildman–Crippen MR) is 136 cm³/mol. The lowest BCUT2D eigenvalue weighted by Gasteiger charge is -2.10. The number of carbonyl (C=O) groups excluding carboxylic acids is 2. The Kier molecular flexibility index (Phi) is 7.32. The first-order chi connectivity index (χ1) is 16.1. The average molecular weight is 561 g/mol. The van der Waals surface area contributed by atoms with E-state index in [1.807, 2.05) is 0 Å². The van der Waals surface area contributed by atoms with Gasteiger partial charge < -0.3 is 10.6 Å². The number of alkyl halides is 2. The fourth-order valence-corrected chi connectivity index (χ4v) is 5.30. The smallest absolute Gasteiger partial charge is 0.231 e. The van der Waals surface area contributed by atoms with Crippen molar-refractivity contribution < 1.29 is 14.0 Å². The molecule has 1 aliphatic carbocycles. The standard InChI is InChI=1S/C24H16Cl5FN2O2/c25-13-7-12(8-14(26)9-13)21-22(24(21,28)29)23(34)32-17-5-6-19(27)18(10-17)20(33)11-31-16-3-1-15(30)2-4-16/h1-10,21-22,31H,11H2,(H,32,34). The second-order valence-electron chi connectivity index (χ2n) is 7.80. The normalized spacial score (nSPS) is 18.3. The number of rotatable bonds is 7. The van der Waals surface area contributed by atoms with Crippen LogP contribution in [0.15, 0.2) is 60.7 Å². The van der Waals surface area contributed by atoms with Crippen molar-refractivity contribution in [2.24, 2.45) is 5.92 Å². The molecule has 0 aliphatic heterocycles. The van der Waals surface area contributed by atoms with Gasteiger partial charge in [0.25, 0.3) is 0 Å². The molecule has 0 spiro atoms. The van der Waals surface area contributed by atoms with Crippen LogP contribution >= 0.6 is 58.0 Å². The van der Waals surface area contributed by atoms with Gasteiger partial charge in [-0.15, -0.1) is 23.2 Å². The molecule has 1 saturated carbocycles. The van der Waals surface area contributed by atoms with Crippen molar-refractivity contribution in [3.05, 3.63) is 92.7 Å². The first-order valence-electron chi connectivity index (χ1n) is 10.0. The van der Waals surface area contributed by atoms with Crippen molar-refractivity contribution in [2.45, 2.75) is 10.3 Å².